The van der Waals surface area contributed by atoms with E-state index in [-0.39, 0.29) is 11.0 Å². The first-order valence-corrected chi connectivity index (χ1v) is 8.66. The molecule has 5 nitrogen and oxygen atoms in total. The Kier molecular flexibility index (Phi) is 7.39. The van der Waals surface area contributed by atoms with E-state index in [0.717, 1.165) is 0 Å². The van der Waals surface area contributed by atoms with E-state index in [4.69, 9.17) is 11.6 Å². The van der Waals surface area contributed by atoms with Gasteiger partial charge in [0.25, 0.3) is 0 Å². The van der Waals surface area contributed by atoms with E-state index in [9.17, 15) is 13.2 Å². The quantitative estimate of drug-likeness (QED) is 0.755. The number of carbonyl (C=O) groups is 1. The minimum absolute atomic E-state index is 0.0595. The Balaban J connectivity index is 5.36. The van der Waals surface area contributed by atoms with Gasteiger partial charge in [0, 0.05) is 5.03 Å². The van der Waals surface area contributed by atoms with Crippen LogP contribution in [0.2, 0.25) is 0 Å². The van der Waals surface area contributed by atoms with E-state index >= 15 is 0 Å². The van der Waals surface area contributed by atoms with Gasteiger partial charge < -0.3 is 4.74 Å². The molecule has 0 aliphatic rings. The maximum atomic E-state index is 12.3. The second-order valence-corrected chi connectivity index (χ2v) is 9.22. The predicted molar refractivity (Wildman–Crippen MR) is 85.6 cm³/mol. The van der Waals surface area contributed by atoms with Crippen molar-refractivity contribution in [1.29, 1.82) is 0 Å². The molecule has 0 heterocycles. The standard InChI is InChI=1S/C14H26ClNO4S/c1-9(2)12(16-21(18,19)14(4,5)6)11(15)8-10(3)13(17)20-7/h8-10,12,16H,1-7H3/b11-8+/t10-,12+/m1/s1. The maximum Gasteiger partial charge on any atom is 0.312 e. The average Bonchev–Trinajstić information content (AvgIpc) is 2.32. The number of sulfonamides is 1. The zero-order valence-electron chi connectivity index (χ0n) is 13.7. The Bertz CT molecular complexity index is 492. The summed E-state index contributed by atoms with van der Waals surface area (Å²) < 4.78 is 30.8. The second kappa shape index (κ2) is 7.61. The molecule has 0 aromatic heterocycles. The van der Waals surface area contributed by atoms with Gasteiger partial charge in [0.15, 0.2) is 0 Å². The van der Waals surface area contributed by atoms with Gasteiger partial charge in [0.05, 0.1) is 23.8 Å². The summed E-state index contributed by atoms with van der Waals surface area (Å²) in [4.78, 5) is 11.4. The van der Waals surface area contributed by atoms with E-state index in [1.165, 1.54) is 13.2 Å². The Morgan fingerprint density at radius 2 is 1.71 bits per heavy atom. The van der Waals surface area contributed by atoms with Crippen LogP contribution in [0, 0.1) is 11.8 Å². The maximum absolute atomic E-state index is 12.3. The average molecular weight is 340 g/mol. The van der Waals surface area contributed by atoms with E-state index in [2.05, 4.69) is 9.46 Å². The minimum atomic E-state index is -3.54. The van der Waals surface area contributed by atoms with Crippen LogP contribution in [0.15, 0.2) is 11.1 Å². The molecular weight excluding hydrogens is 314 g/mol. The molecule has 0 unspecified atom stereocenters. The van der Waals surface area contributed by atoms with Crippen molar-refractivity contribution in [1.82, 2.24) is 4.72 Å². The van der Waals surface area contributed by atoms with Crippen molar-refractivity contribution in [3.63, 3.8) is 0 Å². The van der Waals surface area contributed by atoms with E-state index in [0.29, 0.717) is 0 Å². The summed E-state index contributed by atoms with van der Waals surface area (Å²) in [5.41, 5.74) is 0. The number of nitrogens with one attached hydrogen (secondary N) is 1. The highest BCUT2D eigenvalue weighted by Gasteiger charge is 2.33. The molecule has 0 spiro atoms. The fraction of sp³-hybridized carbons (Fsp3) is 0.786. The third kappa shape index (κ3) is 5.96. The van der Waals surface area contributed by atoms with Crippen LogP contribution < -0.4 is 4.72 Å². The van der Waals surface area contributed by atoms with Crippen LogP contribution in [0.3, 0.4) is 0 Å². The zero-order valence-corrected chi connectivity index (χ0v) is 15.3. The number of carbonyl (C=O) groups excluding carboxylic acids is 1. The van der Waals surface area contributed by atoms with E-state index < -0.39 is 32.7 Å². The molecule has 0 aromatic carbocycles. The van der Waals surface area contributed by atoms with Crippen LogP contribution in [-0.2, 0) is 19.6 Å². The largest absolute Gasteiger partial charge is 0.469 e. The van der Waals surface area contributed by atoms with Crippen LogP contribution in [0.5, 0.6) is 0 Å². The van der Waals surface area contributed by atoms with E-state index in [1.807, 2.05) is 13.8 Å². The number of rotatable bonds is 6. The number of esters is 1. The SMILES string of the molecule is COC(=O)[C@H](C)/C=C(/Cl)[C@@H](NS(=O)(=O)C(C)(C)C)C(C)C. The van der Waals surface area contributed by atoms with Gasteiger partial charge in [-0.25, -0.2) is 13.1 Å². The predicted octanol–water partition coefficient (Wildman–Crippen LogP) is 2.66. The lowest BCUT2D eigenvalue weighted by Gasteiger charge is -2.27. The van der Waals surface area contributed by atoms with Crippen LogP contribution >= 0.6 is 11.6 Å². The molecule has 1 N–H and O–H groups in total. The van der Waals surface area contributed by atoms with Crippen molar-refractivity contribution < 1.29 is 17.9 Å². The normalized spacial score (nSPS) is 16.7. The molecule has 0 bridgehead atoms. The van der Waals surface area contributed by atoms with Crippen LogP contribution in [0.4, 0.5) is 0 Å². The summed E-state index contributed by atoms with van der Waals surface area (Å²) in [6.45, 7) is 10.2. The zero-order chi connectivity index (χ0) is 17.0. The number of methoxy groups -OCH3 is 1. The summed E-state index contributed by atoms with van der Waals surface area (Å²) in [6, 6.07) is -0.581. The van der Waals surface area contributed by atoms with Crippen molar-refractivity contribution in [2.45, 2.75) is 52.3 Å². The first-order valence-electron chi connectivity index (χ1n) is 6.80. The molecule has 0 saturated carbocycles. The van der Waals surface area contributed by atoms with E-state index in [1.54, 1.807) is 27.7 Å². The number of hydrogen-bond donors (Lipinski definition) is 1. The molecule has 21 heavy (non-hydrogen) atoms. The Labute approximate surface area is 133 Å². The van der Waals surface area contributed by atoms with Gasteiger partial charge in [-0.2, -0.15) is 0 Å². The first-order chi connectivity index (χ1) is 9.33. The molecular formula is C14H26ClNO4S. The molecule has 2 atom stereocenters. The van der Waals surface area contributed by atoms with Gasteiger partial charge in [0.1, 0.15) is 0 Å². The van der Waals surface area contributed by atoms with Gasteiger partial charge in [-0.05, 0) is 33.6 Å². The molecule has 0 aliphatic heterocycles. The Morgan fingerprint density at radius 1 is 1.24 bits per heavy atom. The van der Waals surface area contributed by atoms with Crippen molar-refractivity contribution >= 4 is 27.6 Å². The summed E-state index contributed by atoms with van der Waals surface area (Å²) in [5, 5.41) is 0.288. The molecule has 0 fully saturated rings. The highest BCUT2D eigenvalue weighted by Crippen LogP contribution is 2.23. The van der Waals surface area contributed by atoms with Crippen molar-refractivity contribution in [3.8, 4) is 0 Å². The molecule has 0 saturated heterocycles. The van der Waals surface area contributed by atoms with Crippen molar-refractivity contribution in [2.75, 3.05) is 7.11 Å². The lowest BCUT2D eigenvalue weighted by Crippen LogP contribution is -2.47. The Hall–Kier alpha value is -0.590. The topological polar surface area (TPSA) is 72.5 Å². The summed E-state index contributed by atoms with van der Waals surface area (Å²) >= 11 is 6.22. The van der Waals surface area contributed by atoms with Crippen LogP contribution in [0.1, 0.15) is 41.5 Å². The third-order valence-electron chi connectivity index (χ3n) is 3.03. The monoisotopic (exact) mass is 339 g/mol. The fourth-order valence-electron chi connectivity index (χ4n) is 1.45. The lowest BCUT2D eigenvalue weighted by molar-refractivity contribution is -0.143. The Morgan fingerprint density at radius 3 is 2.05 bits per heavy atom. The highest BCUT2D eigenvalue weighted by atomic mass is 35.5. The first kappa shape index (κ1) is 20.4. The molecule has 124 valence electrons. The van der Waals surface area contributed by atoms with Gasteiger partial charge in [-0.1, -0.05) is 31.5 Å². The number of hydrogen-bond acceptors (Lipinski definition) is 4. The summed E-state index contributed by atoms with van der Waals surface area (Å²) in [5.74, 6) is -1.02. The third-order valence-corrected chi connectivity index (χ3v) is 5.57. The minimum Gasteiger partial charge on any atom is -0.469 e. The van der Waals surface area contributed by atoms with Gasteiger partial charge in [-0.15, -0.1) is 0 Å². The van der Waals surface area contributed by atoms with Crippen LogP contribution in [0.25, 0.3) is 0 Å². The van der Waals surface area contributed by atoms with Crippen molar-refractivity contribution in [3.05, 3.63) is 11.1 Å². The van der Waals surface area contributed by atoms with Crippen LogP contribution in [-0.4, -0.2) is 32.3 Å². The van der Waals surface area contributed by atoms with Gasteiger partial charge in [0.2, 0.25) is 10.0 Å². The van der Waals surface area contributed by atoms with Gasteiger partial charge in [-0.3, -0.25) is 4.79 Å². The molecule has 0 aromatic rings. The lowest BCUT2D eigenvalue weighted by atomic mass is 10.0. The second-order valence-electron chi connectivity index (χ2n) is 6.32. The van der Waals surface area contributed by atoms with Crippen molar-refractivity contribution in [2.24, 2.45) is 11.8 Å². The molecule has 0 rings (SSSR count). The molecule has 0 aliphatic carbocycles. The fourth-order valence-corrected chi connectivity index (χ4v) is 3.10. The smallest absolute Gasteiger partial charge is 0.312 e. The summed E-state index contributed by atoms with van der Waals surface area (Å²) in [6.07, 6.45) is 1.52. The summed E-state index contributed by atoms with van der Waals surface area (Å²) in [7, 11) is -2.25. The van der Waals surface area contributed by atoms with Gasteiger partial charge >= 0.3 is 5.97 Å². The number of halogens is 1. The molecule has 7 heteroatoms. The number of ether oxygens (including phenoxy) is 1. The molecule has 0 amide bonds. The molecule has 0 radical (unpaired) electrons. The highest BCUT2D eigenvalue weighted by molar-refractivity contribution is 7.90.